The van der Waals surface area contributed by atoms with Crippen LogP contribution in [0.4, 0.5) is 0 Å². The van der Waals surface area contributed by atoms with E-state index in [1.807, 2.05) is 25.2 Å². The molecule has 1 fully saturated rings. The zero-order valence-corrected chi connectivity index (χ0v) is 17.3. The Morgan fingerprint density at radius 2 is 2.03 bits per heavy atom. The molecule has 1 aliphatic heterocycles. The lowest BCUT2D eigenvalue weighted by molar-refractivity contribution is 0.0653. The van der Waals surface area contributed by atoms with E-state index in [1.54, 1.807) is 29.3 Å². The zero-order valence-electron chi connectivity index (χ0n) is 17.3. The quantitative estimate of drug-likeness (QED) is 0.610. The van der Waals surface area contributed by atoms with Gasteiger partial charge in [0.25, 0.3) is 11.8 Å². The highest BCUT2D eigenvalue weighted by Crippen LogP contribution is 2.27. The van der Waals surface area contributed by atoms with Crippen LogP contribution in [-0.2, 0) is 0 Å². The number of H-pyrrole nitrogens is 1. The average Bonchev–Trinajstić information content (AvgIpc) is 3.24. The molecule has 1 aliphatic rings. The largest absolute Gasteiger partial charge is 0.351 e. The van der Waals surface area contributed by atoms with E-state index in [9.17, 15) is 9.59 Å². The Morgan fingerprint density at radius 1 is 1.23 bits per heavy atom. The summed E-state index contributed by atoms with van der Waals surface area (Å²) in [5.74, 6) is -0.108. The maximum atomic E-state index is 12.9. The third kappa shape index (κ3) is 4.39. The van der Waals surface area contributed by atoms with Crippen molar-refractivity contribution >= 4 is 23.0 Å². The number of pyridine rings is 1. The highest BCUT2D eigenvalue weighted by Gasteiger charge is 2.24. The summed E-state index contributed by atoms with van der Waals surface area (Å²) in [6.07, 6.45) is 1.91. The van der Waals surface area contributed by atoms with Gasteiger partial charge in [-0.1, -0.05) is 12.1 Å². The van der Waals surface area contributed by atoms with E-state index in [0.29, 0.717) is 36.4 Å². The van der Waals surface area contributed by atoms with Crippen molar-refractivity contribution in [1.82, 2.24) is 30.1 Å². The molecule has 9 nitrogen and oxygen atoms in total. The van der Waals surface area contributed by atoms with Crippen LogP contribution < -0.4 is 5.32 Å². The lowest BCUT2D eigenvalue weighted by atomic mass is 10.0. The van der Waals surface area contributed by atoms with Crippen LogP contribution in [0.5, 0.6) is 0 Å². The average molecular weight is 417 g/mol. The monoisotopic (exact) mass is 417 g/mol. The number of imidazole rings is 1. The number of nitriles is 1. The Kier molecular flexibility index (Phi) is 5.91. The standard InChI is InChI=1S/C22H23N7O2/c1-28-10-12-29(13-11-28)22(31)20-26-18-17(6-9-24-19(18)27-20)15-4-2-5-16(14-15)21(30)25-8-3-7-23/h2,4-6,9,14H,3,8,10-13H2,1H3,(H,25,30)(H,24,26,27). The summed E-state index contributed by atoms with van der Waals surface area (Å²) in [6.45, 7) is 3.29. The number of aromatic amines is 1. The summed E-state index contributed by atoms with van der Waals surface area (Å²) in [6, 6.07) is 11.0. The SMILES string of the molecule is CN1CCN(C(=O)c2nc3c(-c4cccc(C(=O)NCCC#N)c4)ccnc3[nH]2)CC1. The first-order valence-corrected chi connectivity index (χ1v) is 10.1. The van der Waals surface area contributed by atoms with Crippen LogP contribution in [0.3, 0.4) is 0 Å². The second-order valence-corrected chi connectivity index (χ2v) is 7.48. The van der Waals surface area contributed by atoms with Crippen molar-refractivity contribution in [2.24, 2.45) is 0 Å². The summed E-state index contributed by atoms with van der Waals surface area (Å²) in [4.78, 5) is 41.2. The fraction of sp³-hybridized carbons (Fsp3) is 0.318. The molecular formula is C22H23N7O2. The number of hydrogen-bond acceptors (Lipinski definition) is 6. The van der Waals surface area contributed by atoms with Gasteiger partial charge in [-0.3, -0.25) is 9.59 Å². The second kappa shape index (κ2) is 8.93. The van der Waals surface area contributed by atoms with Gasteiger partial charge in [0, 0.05) is 50.0 Å². The third-order valence-corrected chi connectivity index (χ3v) is 5.34. The van der Waals surface area contributed by atoms with E-state index >= 15 is 0 Å². The van der Waals surface area contributed by atoms with Crippen LogP contribution in [0.1, 0.15) is 27.4 Å². The van der Waals surface area contributed by atoms with Gasteiger partial charge in [-0.2, -0.15) is 5.26 Å². The highest BCUT2D eigenvalue weighted by atomic mass is 16.2. The van der Waals surface area contributed by atoms with Crippen LogP contribution in [0.25, 0.3) is 22.3 Å². The van der Waals surface area contributed by atoms with E-state index in [-0.39, 0.29) is 24.1 Å². The molecule has 158 valence electrons. The van der Waals surface area contributed by atoms with Crippen LogP contribution in [0.15, 0.2) is 36.5 Å². The Balaban J connectivity index is 1.62. The molecule has 0 radical (unpaired) electrons. The molecular weight excluding hydrogens is 394 g/mol. The number of fused-ring (bicyclic) bond motifs is 1. The zero-order chi connectivity index (χ0) is 21.8. The van der Waals surface area contributed by atoms with Crippen LogP contribution >= 0.6 is 0 Å². The minimum Gasteiger partial charge on any atom is -0.351 e. The number of hydrogen-bond donors (Lipinski definition) is 2. The lowest BCUT2D eigenvalue weighted by Crippen LogP contribution is -2.47. The van der Waals surface area contributed by atoms with Gasteiger partial charge in [-0.15, -0.1) is 0 Å². The number of carbonyl (C=O) groups excluding carboxylic acids is 2. The number of nitrogens with one attached hydrogen (secondary N) is 2. The Hall–Kier alpha value is -3.77. The van der Waals surface area contributed by atoms with Gasteiger partial charge in [0.15, 0.2) is 11.5 Å². The molecule has 0 spiro atoms. The molecule has 2 aromatic heterocycles. The maximum absolute atomic E-state index is 12.9. The first-order valence-electron chi connectivity index (χ1n) is 10.1. The van der Waals surface area contributed by atoms with E-state index in [1.165, 1.54) is 0 Å². The fourth-order valence-corrected chi connectivity index (χ4v) is 3.57. The Labute approximate surface area is 179 Å². The number of benzene rings is 1. The van der Waals surface area contributed by atoms with Crippen LogP contribution in [-0.4, -0.2) is 76.3 Å². The smallest absolute Gasteiger partial charge is 0.289 e. The minimum absolute atomic E-state index is 0.136. The van der Waals surface area contributed by atoms with Gasteiger partial charge in [0.2, 0.25) is 0 Å². The number of rotatable bonds is 5. The summed E-state index contributed by atoms with van der Waals surface area (Å²) in [5, 5.41) is 11.4. The molecule has 1 saturated heterocycles. The minimum atomic E-state index is -0.240. The molecule has 9 heteroatoms. The third-order valence-electron chi connectivity index (χ3n) is 5.34. The van der Waals surface area contributed by atoms with E-state index in [2.05, 4.69) is 25.2 Å². The molecule has 31 heavy (non-hydrogen) atoms. The van der Waals surface area contributed by atoms with Crippen molar-refractivity contribution < 1.29 is 9.59 Å². The summed E-state index contributed by atoms with van der Waals surface area (Å²) in [5.41, 5.74) is 3.18. The number of carbonyl (C=O) groups is 2. The Bertz CT molecular complexity index is 1160. The van der Waals surface area contributed by atoms with E-state index in [0.717, 1.165) is 24.2 Å². The second-order valence-electron chi connectivity index (χ2n) is 7.48. The molecule has 0 saturated carbocycles. The van der Waals surface area contributed by atoms with Gasteiger partial charge >= 0.3 is 0 Å². The first kappa shape index (κ1) is 20.5. The molecule has 1 aromatic carbocycles. The van der Waals surface area contributed by atoms with Gasteiger partial charge in [-0.25, -0.2) is 9.97 Å². The number of nitrogens with zero attached hydrogens (tertiary/aromatic N) is 5. The van der Waals surface area contributed by atoms with Gasteiger partial charge in [-0.05, 0) is 30.8 Å². The fourth-order valence-electron chi connectivity index (χ4n) is 3.57. The van der Waals surface area contributed by atoms with Gasteiger partial charge < -0.3 is 20.1 Å². The number of amides is 2. The Morgan fingerprint density at radius 3 is 2.81 bits per heavy atom. The van der Waals surface area contributed by atoms with Crippen LogP contribution in [0.2, 0.25) is 0 Å². The number of piperazine rings is 1. The number of likely N-dealkylation sites (N-methyl/N-ethyl adjacent to an activating group) is 1. The maximum Gasteiger partial charge on any atom is 0.289 e. The summed E-state index contributed by atoms with van der Waals surface area (Å²) < 4.78 is 0. The molecule has 2 amide bonds. The highest BCUT2D eigenvalue weighted by molar-refractivity contribution is 5.99. The molecule has 0 bridgehead atoms. The molecule has 0 atom stereocenters. The predicted molar refractivity (Wildman–Crippen MR) is 115 cm³/mol. The van der Waals surface area contributed by atoms with Crippen molar-refractivity contribution in [3.8, 4) is 17.2 Å². The van der Waals surface area contributed by atoms with Gasteiger partial charge in [0.1, 0.15) is 5.52 Å². The van der Waals surface area contributed by atoms with Crippen molar-refractivity contribution in [2.45, 2.75) is 6.42 Å². The predicted octanol–water partition coefficient (Wildman–Crippen LogP) is 1.66. The van der Waals surface area contributed by atoms with Crippen molar-refractivity contribution in [1.29, 1.82) is 5.26 Å². The molecule has 4 rings (SSSR count). The van der Waals surface area contributed by atoms with Crippen molar-refractivity contribution in [2.75, 3.05) is 39.8 Å². The van der Waals surface area contributed by atoms with E-state index < -0.39 is 0 Å². The molecule has 3 aromatic rings. The normalized spacial score (nSPS) is 14.4. The van der Waals surface area contributed by atoms with Crippen LogP contribution in [0, 0.1) is 11.3 Å². The van der Waals surface area contributed by atoms with Crippen molar-refractivity contribution in [3.05, 3.63) is 47.9 Å². The van der Waals surface area contributed by atoms with Gasteiger partial charge in [0.05, 0.1) is 12.5 Å². The molecule has 0 unspecified atom stereocenters. The van der Waals surface area contributed by atoms with Crippen molar-refractivity contribution in [3.63, 3.8) is 0 Å². The topological polar surface area (TPSA) is 118 Å². The number of aromatic nitrogens is 3. The summed E-state index contributed by atoms with van der Waals surface area (Å²) in [7, 11) is 2.04. The molecule has 2 N–H and O–H groups in total. The molecule has 0 aliphatic carbocycles. The lowest BCUT2D eigenvalue weighted by Gasteiger charge is -2.31. The first-order chi connectivity index (χ1) is 15.1. The van der Waals surface area contributed by atoms with E-state index in [4.69, 9.17) is 5.26 Å². The summed E-state index contributed by atoms with van der Waals surface area (Å²) >= 11 is 0. The molecule has 3 heterocycles.